The molecule has 110 valence electrons. The normalized spacial score (nSPS) is 10.2. The zero-order valence-corrected chi connectivity index (χ0v) is 14.8. The lowest BCUT2D eigenvalue weighted by Crippen LogP contribution is -2.13. The topological polar surface area (TPSA) is 64.3 Å². The van der Waals surface area contributed by atoms with Gasteiger partial charge < -0.3 is 15.8 Å². The van der Waals surface area contributed by atoms with Crippen LogP contribution in [0.4, 0.5) is 5.69 Å². The molecule has 0 aliphatic carbocycles. The minimum atomic E-state index is -0.170. The second-order valence-electron chi connectivity index (χ2n) is 4.24. The van der Waals surface area contributed by atoms with Crippen LogP contribution in [0.5, 0.6) is 5.75 Å². The number of hydrogen-bond donors (Lipinski definition) is 2. The monoisotopic (exact) mass is 460 g/mol. The molecule has 2 rings (SSSR count). The highest BCUT2D eigenvalue weighted by molar-refractivity contribution is 14.1. The lowest BCUT2D eigenvalue weighted by atomic mass is 10.2. The number of nitrogens with two attached hydrogens (primary N) is 1. The minimum absolute atomic E-state index is 0.170. The van der Waals surface area contributed by atoms with E-state index in [0.29, 0.717) is 30.2 Å². The van der Waals surface area contributed by atoms with Gasteiger partial charge in [-0.25, -0.2) is 0 Å². The second kappa shape index (κ2) is 7.77. The average molecular weight is 461 g/mol. The molecule has 1 amide bonds. The first-order valence-electron chi connectivity index (χ1n) is 6.29. The van der Waals surface area contributed by atoms with Crippen molar-refractivity contribution in [2.45, 2.75) is 0 Å². The third kappa shape index (κ3) is 4.69. The van der Waals surface area contributed by atoms with E-state index in [0.717, 1.165) is 8.04 Å². The fourth-order valence-corrected chi connectivity index (χ4v) is 2.63. The van der Waals surface area contributed by atoms with Crippen LogP contribution in [0.25, 0.3) is 0 Å². The maximum Gasteiger partial charge on any atom is 0.256 e. The van der Waals surface area contributed by atoms with Crippen molar-refractivity contribution in [1.29, 1.82) is 0 Å². The molecule has 2 aromatic rings. The van der Waals surface area contributed by atoms with Gasteiger partial charge in [0.2, 0.25) is 0 Å². The highest BCUT2D eigenvalue weighted by Gasteiger charge is 2.11. The molecule has 0 radical (unpaired) electrons. The molecule has 0 saturated heterocycles. The zero-order chi connectivity index (χ0) is 15.2. The number of carbonyl (C=O) groups is 1. The van der Waals surface area contributed by atoms with Gasteiger partial charge >= 0.3 is 0 Å². The smallest absolute Gasteiger partial charge is 0.256 e. The van der Waals surface area contributed by atoms with Gasteiger partial charge in [-0.15, -0.1) is 0 Å². The molecule has 21 heavy (non-hydrogen) atoms. The summed E-state index contributed by atoms with van der Waals surface area (Å²) >= 11 is 5.56. The van der Waals surface area contributed by atoms with E-state index in [1.807, 2.05) is 36.4 Å². The molecule has 0 atom stereocenters. The molecule has 0 saturated carbocycles. The van der Waals surface area contributed by atoms with Crippen LogP contribution in [-0.4, -0.2) is 19.1 Å². The maximum absolute atomic E-state index is 12.3. The van der Waals surface area contributed by atoms with E-state index in [2.05, 4.69) is 43.8 Å². The summed E-state index contributed by atoms with van der Waals surface area (Å²) in [7, 11) is 0. The fourth-order valence-electron chi connectivity index (χ4n) is 1.71. The third-order valence-corrected chi connectivity index (χ3v) is 4.01. The maximum atomic E-state index is 12.3. The van der Waals surface area contributed by atoms with Crippen molar-refractivity contribution >= 4 is 50.1 Å². The Hall–Kier alpha value is -1.12. The zero-order valence-electron chi connectivity index (χ0n) is 11.1. The lowest BCUT2D eigenvalue weighted by Gasteiger charge is -2.09. The van der Waals surface area contributed by atoms with Crippen LogP contribution in [0.15, 0.2) is 46.9 Å². The molecule has 0 aliphatic rings. The molecule has 0 spiro atoms. The van der Waals surface area contributed by atoms with Gasteiger partial charge in [0, 0.05) is 26.3 Å². The summed E-state index contributed by atoms with van der Waals surface area (Å²) in [4.78, 5) is 12.3. The summed E-state index contributed by atoms with van der Waals surface area (Å²) in [5.41, 5.74) is 6.67. The summed E-state index contributed by atoms with van der Waals surface area (Å²) in [5.74, 6) is 0.510. The van der Waals surface area contributed by atoms with Gasteiger partial charge in [-0.2, -0.15) is 0 Å². The average Bonchev–Trinajstić information content (AvgIpc) is 2.48. The summed E-state index contributed by atoms with van der Waals surface area (Å²) in [6.07, 6.45) is 0. The van der Waals surface area contributed by atoms with Gasteiger partial charge in [0.1, 0.15) is 12.4 Å². The number of rotatable bonds is 5. The number of halogens is 2. The van der Waals surface area contributed by atoms with Crippen molar-refractivity contribution < 1.29 is 9.53 Å². The number of nitrogens with one attached hydrogen (secondary N) is 1. The molecule has 3 N–H and O–H groups in total. The number of anilines is 1. The first-order valence-corrected chi connectivity index (χ1v) is 8.16. The Bertz CT molecular complexity index is 649. The van der Waals surface area contributed by atoms with Gasteiger partial charge in [-0.3, -0.25) is 4.79 Å². The predicted octanol–water partition coefficient (Wildman–Crippen LogP) is 3.64. The molecular formula is C15H14BrIN2O2. The van der Waals surface area contributed by atoms with Gasteiger partial charge in [0.15, 0.2) is 0 Å². The van der Waals surface area contributed by atoms with E-state index >= 15 is 0 Å². The van der Waals surface area contributed by atoms with Gasteiger partial charge in [-0.1, -0.05) is 6.07 Å². The van der Waals surface area contributed by atoms with Crippen molar-refractivity contribution in [3.8, 4) is 5.75 Å². The Morgan fingerprint density at radius 3 is 2.86 bits per heavy atom. The Kier molecular flexibility index (Phi) is 6.01. The number of hydrogen-bond acceptors (Lipinski definition) is 3. The van der Waals surface area contributed by atoms with Crippen LogP contribution in [0.1, 0.15) is 10.4 Å². The minimum Gasteiger partial charge on any atom is -0.492 e. The Labute approximate surface area is 145 Å². The lowest BCUT2D eigenvalue weighted by molar-refractivity contribution is 0.102. The highest BCUT2D eigenvalue weighted by Crippen LogP contribution is 2.22. The molecule has 0 aromatic heterocycles. The number of benzene rings is 2. The van der Waals surface area contributed by atoms with E-state index in [1.54, 1.807) is 6.07 Å². The molecule has 4 nitrogen and oxygen atoms in total. The van der Waals surface area contributed by atoms with Crippen LogP contribution in [-0.2, 0) is 0 Å². The standard InChI is InChI=1S/C15H14BrIN2O2/c16-14-5-4-10(17)8-13(14)15(20)19-11-2-1-3-12(9-11)21-7-6-18/h1-5,8-9H,6-7,18H2,(H,19,20). The second-order valence-corrected chi connectivity index (χ2v) is 6.34. The first kappa shape index (κ1) is 16.3. The predicted molar refractivity (Wildman–Crippen MR) is 95.8 cm³/mol. The Morgan fingerprint density at radius 2 is 2.10 bits per heavy atom. The Morgan fingerprint density at radius 1 is 1.29 bits per heavy atom. The third-order valence-electron chi connectivity index (χ3n) is 2.65. The van der Waals surface area contributed by atoms with E-state index < -0.39 is 0 Å². The van der Waals surface area contributed by atoms with Gasteiger partial charge in [0.05, 0.1) is 5.56 Å². The highest BCUT2D eigenvalue weighted by atomic mass is 127. The molecule has 2 aromatic carbocycles. The Balaban J connectivity index is 2.14. The van der Waals surface area contributed by atoms with Crippen molar-refractivity contribution in [1.82, 2.24) is 0 Å². The largest absolute Gasteiger partial charge is 0.492 e. The van der Waals surface area contributed by atoms with Crippen LogP contribution in [0.3, 0.4) is 0 Å². The molecule has 0 heterocycles. The SMILES string of the molecule is NCCOc1cccc(NC(=O)c2cc(I)ccc2Br)c1. The van der Waals surface area contributed by atoms with E-state index in [1.165, 1.54) is 0 Å². The fraction of sp³-hybridized carbons (Fsp3) is 0.133. The summed E-state index contributed by atoms with van der Waals surface area (Å²) < 4.78 is 7.20. The van der Waals surface area contributed by atoms with Crippen LogP contribution in [0.2, 0.25) is 0 Å². The molecule has 0 fully saturated rings. The van der Waals surface area contributed by atoms with Crippen LogP contribution in [0, 0.1) is 3.57 Å². The molecular weight excluding hydrogens is 447 g/mol. The van der Waals surface area contributed by atoms with E-state index in [-0.39, 0.29) is 5.91 Å². The summed E-state index contributed by atoms with van der Waals surface area (Å²) in [6, 6.07) is 12.9. The molecule has 0 unspecified atom stereocenters. The van der Waals surface area contributed by atoms with E-state index in [9.17, 15) is 4.79 Å². The molecule has 6 heteroatoms. The summed E-state index contributed by atoms with van der Waals surface area (Å²) in [6.45, 7) is 0.895. The van der Waals surface area contributed by atoms with Crippen molar-refractivity contribution in [3.63, 3.8) is 0 Å². The quantitative estimate of drug-likeness (QED) is 0.669. The first-order chi connectivity index (χ1) is 10.1. The van der Waals surface area contributed by atoms with Gasteiger partial charge in [0.25, 0.3) is 5.91 Å². The summed E-state index contributed by atoms with van der Waals surface area (Å²) in [5, 5.41) is 2.86. The molecule has 0 bridgehead atoms. The number of ether oxygens (including phenoxy) is 1. The van der Waals surface area contributed by atoms with Crippen molar-refractivity contribution in [2.24, 2.45) is 5.73 Å². The van der Waals surface area contributed by atoms with Crippen molar-refractivity contribution in [3.05, 3.63) is 56.1 Å². The molecule has 0 aliphatic heterocycles. The number of amides is 1. The van der Waals surface area contributed by atoms with Gasteiger partial charge in [-0.05, 0) is 68.9 Å². The van der Waals surface area contributed by atoms with E-state index in [4.69, 9.17) is 10.5 Å². The van der Waals surface area contributed by atoms with Crippen molar-refractivity contribution in [2.75, 3.05) is 18.5 Å². The number of carbonyl (C=O) groups excluding carboxylic acids is 1. The van der Waals surface area contributed by atoms with Crippen LogP contribution >= 0.6 is 38.5 Å². The van der Waals surface area contributed by atoms with Crippen LogP contribution < -0.4 is 15.8 Å².